The molecule has 0 aromatic rings. The minimum absolute atomic E-state index is 0.277. The molecule has 4 nitrogen and oxygen atoms in total. The number of nitrogens with one attached hydrogen (secondary N) is 3. The van der Waals surface area contributed by atoms with Crippen molar-refractivity contribution in [3.63, 3.8) is 0 Å². The van der Waals surface area contributed by atoms with Crippen LogP contribution in [0.15, 0.2) is 0 Å². The van der Waals surface area contributed by atoms with E-state index in [9.17, 15) is 0 Å². The quantitative estimate of drug-likeness (QED) is 0.612. The number of rotatable bonds is 2. The zero-order valence-corrected chi connectivity index (χ0v) is 15.6. The van der Waals surface area contributed by atoms with Gasteiger partial charge in [-0.25, -0.2) is 0 Å². The van der Waals surface area contributed by atoms with Gasteiger partial charge in [0, 0.05) is 0 Å². The molecule has 3 N–H and O–H groups in total. The maximum absolute atomic E-state index is 3.94. The molecule has 1 aliphatic heterocycles. The van der Waals surface area contributed by atoms with Gasteiger partial charge >= 0.3 is 0 Å². The molecule has 0 saturated carbocycles. The van der Waals surface area contributed by atoms with Crippen LogP contribution in [0.3, 0.4) is 0 Å². The van der Waals surface area contributed by atoms with Crippen LogP contribution in [0.2, 0.25) is 39.3 Å². The molecular formula is C7H26N4Si4. The van der Waals surface area contributed by atoms with Crippen LogP contribution in [0, 0.1) is 0 Å². The maximum atomic E-state index is 3.94. The summed E-state index contributed by atoms with van der Waals surface area (Å²) in [5.41, 5.74) is 0. The molecule has 0 aromatic heterocycles. The second-order valence-corrected chi connectivity index (χ2v) is 21.9. The van der Waals surface area contributed by atoms with Crippen LogP contribution in [0.1, 0.15) is 0 Å². The van der Waals surface area contributed by atoms with Gasteiger partial charge in [0.2, 0.25) is 0 Å². The van der Waals surface area contributed by atoms with Crippen molar-refractivity contribution in [1.29, 1.82) is 0 Å². The standard InChI is InChI=1S/C7H26N4Si4/c1-8-12-11-14(4,5)9-13(2,3)10-15(11,6)7/h8-10H,12H2,1-7H3. The van der Waals surface area contributed by atoms with Crippen LogP contribution in [-0.2, 0) is 0 Å². The van der Waals surface area contributed by atoms with E-state index in [0.29, 0.717) is 0 Å². The molecule has 0 atom stereocenters. The summed E-state index contributed by atoms with van der Waals surface area (Å²) in [5.74, 6) is 0. The Balaban J connectivity index is 2.95. The first-order chi connectivity index (χ1) is 6.61. The highest BCUT2D eigenvalue weighted by Gasteiger charge is 2.50. The van der Waals surface area contributed by atoms with Gasteiger partial charge in [0.25, 0.3) is 0 Å². The molecule has 0 spiro atoms. The first-order valence-electron chi connectivity index (χ1n) is 5.62. The van der Waals surface area contributed by atoms with Crippen LogP contribution in [0.4, 0.5) is 0 Å². The van der Waals surface area contributed by atoms with Crippen molar-refractivity contribution in [2.24, 2.45) is 0 Å². The lowest BCUT2D eigenvalue weighted by Gasteiger charge is -2.57. The van der Waals surface area contributed by atoms with Crippen LogP contribution >= 0.6 is 0 Å². The number of hydrogen-bond donors (Lipinski definition) is 3. The molecular weight excluding hydrogens is 252 g/mol. The molecule has 15 heavy (non-hydrogen) atoms. The van der Waals surface area contributed by atoms with Gasteiger partial charge in [-0.2, -0.15) is 0 Å². The normalized spacial score (nSPS) is 29.8. The summed E-state index contributed by atoms with van der Waals surface area (Å²) in [6.07, 6.45) is 0. The summed E-state index contributed by atoms with van der Waals surface area (Å²) in [4.78, 5) is 3.45. The molecule has 1 saturated heterocycles. The van der Waals surface area contributed by atoms with Gasteiger partial charge in [0.1, 0.15) is 0 Å². The average molecular weight is 279 g/mol. The second kappa shape index (κ2) is 4.18. The van der Waals surface area contributed by atoms with Crippen molar-refractivity contribution >= 4 is 35.0 Å². The summed E-state index contributed by atoms with van der Waals surface area (Å²) in [5, 5.41) is 0. The third-order valence-corrected chi connectivity index (χ3v) is 25.2. The van der Waals surface area contributed by atoms with Crippen molar-refractivity contribution in [2.45, 2.75) is 39.3 Å². The number of nitrogens with zero attached hydrogens (tertiary/aromatic N) is 1. The lowest BCUT2D eigenvalue weighted by Crippen LogP contribution is -2.89. The van der Waals surface area contributed by atoms with Crippen LogP contribution < -0.4 is 14.3 Å². The largest absolute Gasteiger partial charge is 0.338 e. The predicted octanol–water partition coefficient (Wildman–Crippen LogP) is -0.195. The van der Waals surface area contributed by atoms with Gasteiger partial charge in [-0.15, -0.1) is 0 Å². The van der Waals surface area contributed by atoms with Crippen LogP contribution in [0.5, 0.6) is 0 Å². The fraction of sp³-hybridized carbons (Fsp3) is 1.00. The van der Waals surface area contributed by atoms with Gasteiger partial charge < -0.3 is 18.2 Å². The van der Waals surface area contributed by atoms with Crippen molar-refractivity contribution in [3.8, 4) is 0 Å². The Bertz CT molecular complexity index is 223. The first kappa shape index (κ1) is 13.8. The van der Waals surface area contributed by atoms with E-state index in [-0.39, 0.29) is 9.84 Å². The molecule has 90 valence electrons. The van der Waals surface area contributed by atoms with Gasteiger partial charge in [-0.05, 0) is 46.3 Å². The Kier molecular flexibility index (Phi) is 3.84. The Morgan fingerprint density at radius 3 is 1.67 bits per heavy atom. The Hall–Kier alpha value is 0.708. The maximum Gasteiger partial charge on any atom is 0.183 e. The zero-order valence-electron chi connectivity index (χ0n) is 11.2. The minimum atomic E-state index is -1.37. The van der Waals surface area contributed by atoms with Crippen LogP contribution in [-0.4, -0.2) is 46.0 Å². The van der Waals surface area contributed by atoms with E-state index >= 15 is 0 Å². The summed E-state index contributed by atoms with van der Waals surface area (Å²) < 4.78 is 10.7. The minimum Gasteiger partial charge on any atom is -0.338 e. The molecule has 0 aliphatic carbocycles. The SMILES string of the molecule is CN[SiH2]N1[Si](C)(C)N[Si](C)(C)N[Si]1(C)C. The first-order valence-corrected chi connectivity index (χ1v) is 15.9. The molecule has 0 unspecified atom stereocenters. The van der Waals surface area contributed by atoms with Crippen LogP contribution in [0.25, 0.3) is 0 Å². The van der Waals surface area contributed by atoms with Gasteiger partial charge in [0.15, 0.2) is 35.0 Å². The van der Waals surface area contributed by atoms with E-state index in [2.05, 4.69) is 64.5 Å². The third kappa shape index (κ3) is 3.09. The molecule has 1 fully saturated rings. The Morgan fingerprint density at radius 2 is 1.33 bits per heavy atom. The highest BCUT2D eigenvalue weighted by molar-refractivity contribution is 7.07. The summed E-state index contributed by atoms with van der Waals surface area (Å²) in [6.45, 7) is 14.6. The van der Waals surface area contributed by atoms with E-state index in [0.717, 1.165) is 0 Å². The van der Waals surface area contributed by atoms with Crippen molar-refractivity contribution in [1.82, 2.24) is 18.2 Å². The molecule has 1 rings (SSSR count). The van der Waals surface area contributed by atoms with E-state index in [1.807, 2.05) is 0 Å². The molecule has 0 bridgehead atoms. The molecule has 1 aliphatic rings. The Morgan fingerprint density at radius 1 is 0.933 bits per heavy atom. The van der Waals surface area contributed by atoms with Crippen molar-refractivity contribution < 1.29 is 0 Å². The van der Waals surface area contributed by atoms with E-state index in [4.69, 9.17) is 0 Å². The smallest absolute Gasteiger partial charge is 0.183 e. The van der Waals surface area contributed by atoms with E-state index in [1.165, 1.54) is 0 Å². The van der Waals surface area contributed by atoms with E-state index < -0.39 is 25.2 Å². The number of hydrogen-bond acceptors (Lipinski definition) is 4. The summed E-state index contributed by atoms with van der Waals surface area (Å²) in [6, 6.07) is 0. The second-order valence-electron chi connectivity index (χ2n) is 5.93. The van der Waals surface area contributed by atoms with Crippen molar-refractivity contribution in [3.05, 3.63) is 0 Å². The van der Waals surface area contributed by atoms with E-state index in [1.54, 1.807) is 0 Å². The molecule has 0 amide bonds. The topological polar surface area (TPSA) is 39.3 Å². The highest BCUT2D eigenvalue weighted by Crippen LogP contribution is 2.21. The van der Waals surface area contributed by atoms with Gasteiger partial charge in [-0.3, -0.25) is 0 Å². The Labute approximate surface area is 99.7 Å². The molecule has 0 aromatic carbocycles. The predicted molar refractivity (Wildman–Crippen MR) is 78.2 cm³/mol. The summed E-state index contributed by atoms with van der Waals surface area (Å²) in [7, 11) is -2.27. The van der Waals surface area contributed by atoms with Gasteiger partial charge in [0.05, 0.1) is 0 Å². The van der Waals surface area contributed by atoms with Crippen molar-refractivity contribution in [2.75, 3.05) is 7.05 Å². The monoisotopic (exact) mass is 278 g/mol. The molecule has 8 heteroatoms. The molecule has 1 heterocycles. The molecule has 0 radical (unpaired) electrons. The highest BCUT2D eigenvalue weighted by atomic mass is 28.5. The fourth-order valence-corrected chi connectivity index (χ4v) is 29.5. The fourth-order valence-electron chi connectivity index (χ4n) is 2.95. The van der Waals surface area contributed by atoms with Gasteiger partial charge in [-0.1, -0.05) is 0 Å². The average Bonchev–Trinajstić information content (AvgIpc) is 1.92. The lowest BCUT2D eigenvalue weighted by atomic mass is 11.6. The summed E-state index contributed by atoms with van der Waals surface area (Å²) >= 11 is 0. The lowest BCUT2D eigenvalue weighted by molar-refractivity contribution is 0.824. The zero-order chi connectivity index (χ0) is 11.9. The third-order valence-electron chi connectivity index (χ3n) is 2.90.